The Hall–Kier alpha value is 1.09. The Kier molecular flexibility index (Phi) is 6.68. The molecule has 0 aromatic rings. The van der Waals surface area contributed by atoms with Crippen LogP contribution in [0.5, 0.6) is 0 Å². The van der Waals surface area contributed by atoms with Gasteiger partial charge in [-0.2, -0.15) is 0 Å². The zero-order valence-corrected chi connectivity index (χ0v) is 14.1. The van der Waals surface area contributed by atoms with Crippen LogP contribution in [0.4, 0.5) is 0 Å². The van der Waals surface area contributed by atoms with E-state index in [9.17, 15) is 0 Å². The molecule has 108 valence electrons. The van der Waals surface area contributed by atoms with Gasteiger partial charge in [0.2, 0.25) is 0 Å². The fraction of sp³-hybridized carbons (Fsp3) is 1.00. The van der Waals surface area contributed by atoms with Crippen LogP contribution in [0.2, 0.25) is 0 Å². The Morgan fingerprint density at radius 1 is 0.444 bits per heavy atom. The van der Waals surface area contributed by atoms with Crippen molar-refractivity contribution in [1.29, 1.82) is 0 Å². The summed E-state index contributed by atoms with van der Waals surface area (Å²) >= 11 is 0. The average molecular weight is 359 g/mol. The first kappa shape index (κ1) is 15.5. The van der Waals surface area contributed by atoms with Gasteiger partial charge >= 0.3 is 0 Å². The van der Waals surface area contributed by atoms with E-state index in [1.807, 2.05) is 0 Å². The van der Waals surface area contributed by atoms with E-state index in [2.05, 4.69) is 0 Å². The molecule has 0 spiro atoms. The summed E-state index contributed by atoms with van der Waals surface area (Å²) in [5.74, 6) is 0. The fourth-order valence-corrected chi connectivity index (χ4v) is 9.35. The van der Waals surface area contributed by atoms with Crippen LogP contribution >= 0.6 is 7.92 Å². The Bertz CT molecular complexity index is 209. The van der Waals surface area contributed by atoms with E-state index in [4.69, 9.17) is 0 Å². The van der Waals surface area contributed by atoms with Crippen molar-refractivity contribution in [2.24, 2.45) is 0 Å². The molecule has 0 unspecified atom stereocenters. The Balaban J connectivity index is 0.00000120. The number of rotatable bonds is 3. The van der Waals surface area contributed by atoms with Gasteiger partial charge in [-0.25, -0.2) is 0 Å². The smallest absolute Gasteiger partial charge is 0 e. The second kappa shape index (κ2) is 7.76. The molecule has 0 aromatic carbocycles. The van der Waals surface area contributed by atoms with Gasteiger partial charge in [0.15, 0.2) is 0 Å². The zero-order chi connectivity index (χ0) is 11.5. The van der Waals surface area contributed by atoms with Gasteiger partial charge in [0.25, 0.3) is 0 Å². The van der Waals surface area contributed by atoms with E-state index < -0.39 is 0 Å². The second-order valence-corrected chi connectivity index (χ2v) is 9.70. The molecule has 0 aliphatic heterocycles. The van der Waals surface area contributed by atoms with Gasteiger partial charge in [0.1, 0.15) is 0 Å². The molecule has 3 aliphatic rings. The van der Waals surface area contributed by atoms with Crippen molar-refractivity contribution in [2.45, 2.75) is 100 Å². The summed E-state index contributed by atoms with van der Waals surface area (Å²) < 4.78 is 0. The van der Waals surface area contributed by atoms with Crippen LogP contribution in [0.1, 0.15) is 83.5 Å². The first-order chi connectivity index (χ1) is 8.45. The molecule has 0 radical (unpaired) electrons. The molecular formula is C16H29PPd. The molecule has 0 saturated heterocycles. The molecule has 0 heterocycles. The topological polar surface area (TPSA) is 0 Å². The van der Waals surface area contributed by atoms with Crippen LogP contribution < -0.4 is 0 Å². The molecule has 3 rings (SSSR count). The van der Waals surface area contributed by atoms with Gasteiger partial charge in [0, 0.05) is 20.4 Å². The predicted octanol–water partition coefficient (Wildman–Crippen LogP) is 5.68. The van der Waals surface area contributed by atoms with Crippen molar-refractivity contribution in [3.05, 3.63) is 0 Å². The summed E-state index contributed by atoms with van der Waals surface area (Å²) in [5, 5.41) is 0. The molecule has 3 saturated carbocycles. The maximum atomic E-state index is 1.61. The van der Waals surface area contributed by atoms with Crippen molar-refractivity contribution < 1.29 is 20.4 Å². The Morgan fingerprint density at radius 2 is 0.722 bits per heavy atom. The van der Waals surface area contributed by atoms with Gasteiger partial charge in [0.05, 0.1) is 0 Å². The average Bonchev–Trinajstić information content (AvgIpc) is 3.04. The third-order valence-electron chi connectivity index (χ3n) is 5.49. The maximum absolute atomic E-state index is 1.61. The molecule has 3 aliphatic carbocycles. The zero-order valence-electron chi connectivity index (χ0n) is 11.7. The minimum Gasteiger partial charge on any atom is -0.0971 e. The van der Waals surface area contributed by atoms with Gasteiger partial charge in [-0.1, -0.05) is 52.9 Å². The van der Waals surface area contributed by atoms with Gasteiger partial charge < -0.3 is 0 Å². The minimum absolute atomic E-state index is 0. The third-order valence-corrected chi connectivity index (χ3v) is 9.57. The molecule has 0 atom stereocenters. The number of hydrogen-bond acceptors (Lipinski definition) is 0. The Labute approximate surface area is 128 Å². The molecule has 0 aromatic heterocycles. The summed E-state index contributed by atoms with van der Waals surface area (Å²) in [5.41, 5.74) is 3.61. The van der Waals surface area contributed by atoms with E-state index in [1.54, 1.807) is 77.0 Å². The minimum atomic E-state index is 0. The standard InChI is InChI=1S/C16H29P.Pd/c1-2-8-14(9-3-1)17(15-10-4-5-11-15)16-12-6-7-13-16;/h14-16H,1-13H2;. The fourth-order valence-electron chi connectivity index (χ4n) is 4.68. The molecule has 0 bridgehead atoms. The summed E-state index contributed by atoms with van der Waals surface area (Å²) in [6, 6.07) is 0. The van der Waals surface area contributed by atoms with Gasteiger partial charge in [-0.15, -0.1) is 0 Å². The monoisotopic (exact) mass is 358 g/mol. The summed E-state index contributed by atoms with van der Waals surface area (Å²) in [6.45, 7) is 0. The SMILES string of the molecule is C1CCC(P(C2CCCC2)C2CCCC2)CC1.[Pd]. The van der Waals surface area contributed by atoms with E-state index in [1.165, 1.54) is 23.4 Å². The molecule has 2 heteroatoms. The quantitative estimate of drug-likeness (QED) is 0.449. The van der Waals surface area contributed by atoms with Crippen molar-refractivity contribution in [3.63, 3.8) is 0 Å². The summed E-state index contributed by atoms with van der Waals surface area (Å²) in [4.78, 5) is 0. The van der Waals surface area contributed by atoms with Gasteiger partial charge in [-0.3, -0.25) is 0 Å². The summed E-state index contributed by atoms with van der Waals surface area (Å²) in [7, 11) is 0.419. The third kappa shape index (κ3) is 3.59. The Morgan fingerprint density at radius 3 is 1.06 bits per heavy atom. The van der Waals surface area contributed by atoms with Crippen molar-refractivity contribution in [3.8, 4) is 0 Å². The molecule has 0 amide bonds. The van der Waals surface area contributed by atoms with Crippen LogP contribution in [0.15, 0.2) is 0 Å². The van der Waals surface area contributed by atoms with Crippen LogP contribution in [0.3, 0.4) is 0 Å². The predicted molar refractivity (Wildman–Crippen MR) is 78.3 cm³/mol. The summed E-state index contributed by atoms with van der Waals surface area (Å²) in [6.07, 6.45) is 20.5. The molecular weight excluding hydrogens is 330 g/mol. The maximum Gasteiger partial charge on any atom is 0 e. The molecule has 0 N–H and O–H groups in total. The molecule has 0 nitrogen and oxygen atoms in total. The van der Waals surface area contributed by atoms with E-state index in [0.717, 1.165) is 0 Å². The van der Waals surface area contributed by atoms with Crippen molar-refractivity contribution in [2.75, 3.05) is 0 Å². The van der Waals surface area contributed by atoms with Crippen LogP contribution in [0, 0.1) is 0 Å². The molecule has 3 fully saturated rings. The van der Waals surface area contributed by atoms with Crippen LogP contribution in [-0.4, -0.2) is 17.0 Å². The van der Waals surface area contributed by atoms with Crippen LogP contribution in [-0.2, 0) is 20.4 Å². The van der Waals surface area contributed by atoms with Crippen molar-refractivity contribution >= 4 is 7.92 Å². The first-order valence-electron chi connectivity index (χ1n) is 8.22. The number of hydrogen-bond donors (Lipinski definition) is 0. The van der Waals surface area contributed by atoms with E-state index >= 15 is 0 Å². The van der Waals surface area contributed by atoms with E-state index in [-0.39, 0.29) is 20.4 Å². The van der Waals surface area contributed by atoms with Crippen molar-refractivity contribution in [1.82, 2.24) is 0 Å². The van der Waals surface area contributed by atoms with Crippen LogP contribution in [0.25, 0.3) is 0 Å². The normalized spacial score (nSPS) is 27.8. The second-order valence-electron chi connectivity index (χ2n) is 6.62. The van der Waals surface area contributed by atoms with E-state index in [0.29, 0.717) is 7.92 Å². The largest absolute Gasteiger partial charge is 0.0971 e. The first-order valence-corrected chi connectivity index (χ1v) is 9.77. The molecule has 18 heavy (non-hydrogen) atoms. The van der Waals surface area contributed by atoms with Gasteiger partial charge in [-0.05, 0) is 55.5 Å².